The van der Waals surface area contributed by atoms with Crippen molar-refractivity contribution >= 4 is 0 Å². The van der Waals surface area contributed by atoms with E-state index >= 15 is 0 Å². The molecule has 2 aromatic rings. The molecule has 0 radical (unpaired) electrons. The van der Waals surface area contributed by atoms with Crippen molar-refractivity contribution in [3.05, 3.63) is 48.2 Å². The Labute approximate surface area is 113 Å². The molecule has 0 atom stereocenters. The van der Waals surface area contributed by atoms with Gasteiger partial charge in [0.25, 0.3) is 0 Å². The molecule has 0 spiro atoms. The van der Waals surface area contributed by atoms with E-state index in [-0.39, 0.29) is 0 Å². The molecule has 1 aliphatic carbocycles. The minimum Gasteiger partial charge on any atom is -0.496 e. The molecule has 0 aliphatic heterocycles. The fraction of sp³-hybridized carbons (Fsp3) is 0.312. The third-order valence-electron chi connectivity index (χ3n) is 3.40. The standard InChI is InChI=1S/C16H18N2O/c1-19-16-8-5-12(15-4-2-3-9-17-15)10-13(16)11-18-14-6-7-14/h2-5,8-10,14,18H,6-7,11H2,1H3. The predicted octanol–water partition coefficient (Wildman–Crippen LogP) is 3.01. The molecular weight excluding hydrogens is 236 g/mol. The molecule has 98 valence electrons. The van der Waals surface area contributed by atoms with E-state index in [1.807, 2.05) is 30.5 Å². The molecule has 1 heterocycles. The first-order valence-electron chi connectivity index (χ1n) is 6.68. The minimum absolute atomic E-state index is 0.697. The van der Waals surface area contributed by atoms with Crippen LogP contribution in [-0.4, -0.2) is 18.1 Å². The number of hydrogen-bond donors (Lipinski definition) is 1. The Morgan fingerprint density at radius 2 is 2.16 bits per heavy atom. The van der Waals surface area contributed by atoms with E-state index in [1.54, 1.807) is 7.11 Å². The average Bonchev–Trinajstić information content (AvgIpc) is 3.30. The normalized spacial score (nSPS) is 14.4. The van der Waals surface area contributed by atoms with Crippen LogP contribution in [0.25, 0.3) is 11.3 Å². The largest absolute Gasteiger partial charge is 0.496 e. The second-order valence-corrected chi connectivity index (χ2v) is 4.90. The number of nitrogens with one attached hydrogen (secondary N) is 1. The third-order valence-corrected chi connectivity index (χ3v) is 3.40. The number of nitrogens with zero attached hydrogens (tertiary/aromatic N) is 1. The second kappa shape index (κ2) is 5.41. The van der Waals surface area contributed by atoms with Gasteiger partial charge < -0.3 is 10.1 Å². The van der Waals surface area contributed by atoms with E-state index in [0.717, 1.165) is 23.6 Å². The van der Waals surface area contributed by atoms with Crippen LogP contribution < -0.4 is 10.1 Å². The summed E-state index contributed by atoms with van der Waals surface area (Å²) in [5.41, 5.74) is 3.32. The monoisotopic (exact) mass is 254 g/mol. The maximum atomic E-state index is 5.43. The summed E-state index contributed by atoms with van der Waals surface area (Å²) in [6.07, 6.45) is 4.41. The first-order chi connectivity index (χ1) is 9.36. The van der Waals surface area contributed by atoms with E-state index in [1.165, 1.54) is 18.4 Å². The lowest BCUT2D eigenvalue weighted by atomic mass is 10.1. The Hall–Kier alpha value is -1.87. The van der Waals surface area contributed by atoms with Crippen LogP contribution in [0.5, 0.6) is 5.75 Å². The van der Waals surface area contributed by atoms with Gasteiger partial charge in [0.05, 0.1) is 12.8 Å². The van der Waals surface area contributed by atoms with Crippen molar-refractivity contribution in [1.82, 2.24) is 10.3 Å². The van der Waals surface area contributed by atoms with Crippen molar-refractivity contribution in [2.45, 2.75) is 25.4 Å². The molecule has 3 nitrogen and oxygen atoms in total. The number of hydrogen-bond acceptors (Lipinski definition) is 3. The zero-order valence-electron chi connectivity index (χ0n) is 11.1. The van der Waals surface area contributed by atoms with Crippen LogP contribution in [0.15, 0.2) is 42.6 Å². The SMILES string of the molecule is COc1ccc(-c2ccccn2)cc1CNC1CC1. The summed E-state index contributed by atoms with van der Waals surface area (Å²) in [5.74, 6) is 0.938. The molecule has 1 N–H and O–H groups in total. The molecule has 0 unspecified atom stereocenters. The molecule has 3 rings (SSSR count). The number of methoxy groups -OCH3 is 1. The highest BCUT2D eigenvalue weighted by atomic mass is 16.5. The lowest BCUT2D eigenvalue weighted by Crippen LogP contribution is -2.15. The Bertz CT molecular complexity index is 550. The van der Waals surface area contributed by atoms with Crippen LogP contribution >= 0.6 is 0 Å². The van der Waals surface area contributed by atoms with E-state index in [9.17, 15) is 0 Å². The molecule has 1 saturated carbocycles. The van der Waals surface area contributed by atoms with E-state index in [0.29, 0.717) is 6.04 Å². The number of aromatic nitrogens is 1. The maximum Gasteiger partial charge on any atom is 0.123 e. The highest BCUT2D eigenvalue weighted by molar-refractivity contribution is 5.61. The highest BCUT2D eigenvalue weighted by Crippen LogP contribution is 2.27. The van der Waals surface area contributed by atoms with Crippen molar-refractivity contribution in [3.8, 4) is 17.0 Å². The van der Waals surface area contributed by atoms with Gasteiger partial charge in [0, 0.05) is 29.9 Å². The zero-order valence-corrected chi connectivity index (χ0v) is 11.1. The topological polar surface area (TPSA) is 34.1 Å². The van der Waals surface area contributed by atoms with Crippen molar-refractivity contribution in [2.75, 3.05) is 7.11 Å². The number of rotatable bonds is 5. The Kier molecular flexibility index (Phi) is 3.47. The van der Waals surface area contributed by atoms with Crippen molar-refractivity contribution in [3.63, 3.8) is 0 Å². The quantitative estimate of drug-likeness (QED) is 0.890. The van der Waals surface area contributed by atoms with E-state index < -0.39 is 0 Å². The van der Waals surface area contributed by atoms with Gasteiger partial charge in [-0.3, -0.25) is 4.98 Å². The Morgan fingerprint density at radius 3 is 2.84 bits per heavy atom. The molecule has 3 heteroatoms. The molecule has 1 aliphatic rings. The smallest absolute Gasteiger partial charge is 0.123 e. The van der Waals surface area contributed by atoms with Crippen LogP contribution in [-0.2, 0) is 6.54 Å². The van der Waals surface area contributed by atoms with Crippen LogP contribution in [0.2, 0.25) is 0 Å². The van der Waals surface area contributed by atoms with Crippen molar-refractivity contribution in [1.29, 1.82) is 0 Å². The molecular formula is C16H18N2O. The molecule has 19 heavy (non-hydrogen) atoms. The summed E-state index contributed by atoms with van der Waals surface area (Å²) >= 11 is 0. The molecule has 0 bridgehead atoms. The van der Waals surface area contributed by atoms with Gasteiger partial charge in [-0.15, -0.1) is 0 Å². The van der Waals surface area contributed by atoms with Gasteiger partial charge >= 0.3 is 0 Å². The fourth-order valence-corrected chi connectivity index (χ4v) is 2.15. The summed E-state index contributed by atoms with van der Waals surface area (Å²) in [6.45, 7) is 0.856. The van der Waals surface area contributed by atoms with Gasteiger partial charge in [0.2, 0.25) is 0 Å². The molecule has 1 fully saturated rings. The van der Waals surface area contributed by atoms with Crippen molar-refractivity contribution in [2.24, 2.45) is 0 Å². The van der Waals surface area contributed by atoms with Crippen molar-refractivity contribution < 1.29 is 4.74 Å². The summed E-state index contributed by atoms with van der Waals surface area (Å²) in [4.78, 5) is 4.39. The second-order valence-electron chi connectivity index (χ2n) is 4.90. The predicted molar refractivity (Wildman–Crippen MR) is 76.1 cm³/mol. The summed E-state index contributed by atoms with van der Waals surface area (Å²) in [7, 11) is 1.72. The number of pyridine rings is 1. The van der Waals surface area contributed by atoms with Crippen LogP contribution in [0, 0.1) is 0 Å². The Balaban J connectivity index is 1.87. The molecule has 0 amide bonds. The van der Waals surface area contributed by atoms with E-state index in [4.69, 9.17) is 4.74 Å². The molecule has 1 aromatic heterocycles. The van der Waals surface area contributed by atoms with E-state index in [2.05, 4.69) is 22.4 Å². The summed E-state index contributed by atoms with van der Waals surface area (Å²) in [6, 6.07) is 12.9. The van der Waals surface area contributed by atoms with Gasteiger partial charge in [0.1, 0.15) is 5.75 Å². The fourth-order valence-electron chi connectivity index (χ4n) is 2.15. The van der Waals surface area contributed by atoms with Gasteiger partial charge in [0.15, 0.2) is 0 Å². The molecule has 0 saturated heterocycles. The summed E-state index contributed by atoms with van der Waals surface area (Å²) in [5, 5.41) is 3.53. The lowest BCUT2D eigenvalue weighted by molar-refractivity contribution is 0.407. The number of benzene rings is 1. The highest BCUT2D eigenvalue weighted by Gasteiger charge is 2.20. The zero-order chi connectivity index (χ0) is 13.1. The lowest BCUT2D eigenvalue weighted by Gasteiger charge is -2.11. The number of ether oxygens (including phenoxy) is 1. The Morgan fingerprint density at radius 1 is 1.26 bits per heavy atom. The first kappa shape index (κ1) is 12.2. The van der Waals surface area contributed by atoms with Crippen LogP contribution in [0.1, 0.15) is 18.4 Å². The summed E-state index contributed by atoms with van der Waals surface area (Å²) < 4.78 is 5.43. The van der Waals surface area contributed by atoms with Crippen LogP contribution in [0.4, 0.5) is 0 Å². The minimum atomic E-state index is 0.697. The first-order valence-corrected chi connectivity index (χ1v) is 6.68. The average molecular weight is 254 g/mol. The molecule has 1 aromatic carbocycles. The maximum absolute atomic E-state index is 5.43. The van der Waals surface area contributed by atoms with Gasteiger partial charge in [-0.05, 0) is 43.2 Å². The van der Waals surface area contributed by atoms with Gasteiger partial charge in [-0.25, -0.2) is 0 Å². The van der Waals surface area contributed by atoms with Gasteiger partial charge in [-0.2, -0.15) is 0 Å². The van der Waals surface area contributed by atoms with Crippen LogP contribution in [0.3, 0.4) is 0 Å². The van der Waals surface area contributed by atoms with Gasteiger partial charge in [-0.1, -0.05) is 6.07 Å². The third kappa shape index (κ3) is 2.93.